The molecule has 1 atom stereocenters. The lowest BCUT2D eigenvalue weighted by Gasteiger charge is -2.26. The van der Waals surface area contributed by atoms with Crippen molar-refractivity contribution in [1.29, 1.82) is 0 Å². The van der Waals surface area contributed by atoms with E-state index in [1.807, 2.05) is 0 Å². The molecule has 1 aromatic heterocycles. The van der Waals surface area contributed by atoms with Crippen molar-refractivity contribution in [3.63, 3.8) is 0 Å². The molecule has 0 saturated carbocycles. The maximum atomic E-state index is 2.42. The van der Waals surface area contributed by atoms with Crippen molar-refractivity contribution in [2.75, 3.05) is 4.90 Å². The molecule has 7 aromatic rings. The number of hydrogen-bond acceptors (Lipinski definition) is 1. The van der Waals surface area contributed by atoms with E-state index >= 15 is 0 Å². The van der Waals surface area contributed by atoms with E-state index in [1.165, 1.54) is 55.3 Å². The number of aromatic nitrogens is 1. The lowest BCUT2D eigenvalue weighted by molar-refractivity contribution is 0.854. The Morgan fingerprint density at radius 2 is 1.12 bits per heavy atom. The summed E-state index contributed by atoms with van der Waals surface area (Å²) in [5.41, 5.74) is 13.4. The Hall–Kier alpha value is -6.12. The van der Waals surface area contributed by atoms with Crippen LogP contribution in [0.5, 0.6) is 0 Å². The Kier molecular flexibility index (Phi) is 7.83. The second kappa shape index (κ2) is 13.1. The Balaban J connectivity index is 1.09. The maximum Gasteiger partial charge on any atom is 0.0541 e. The Morgan fingerprint density at radius 1 is 0.500 bits per heavy atom. The molecule has 9 rings (SSSR count). The van der Waals surface area contributed by atoms with Crippen LogP contribution in [0.25, 0.3) is 49.8 Å². The van der Waals surface area contributed by atoms with Crippen LogP contribution >= 0.6 is 0 Å². The summed E-state index contributed by atoms with van der Waals surface area (Å²) in [6, 6.07) is 53.4. The van der Waals surface area contributed by atoms with Gasteiger partial charge in [-0.05, 0) is 108 Å². The number of allylic oxidation sites excluding steroid dienone is 8. The molecule has 1 heterocycles. The third kappa shape index (κ3) is 5.59. The highest BCUT2D eigenvalue weighted by Crippen LogP contribution is 2.39. The molecule has 0 bridgehead atoms. The van der Waals surface area contributed by atoms with E-state index in [4.69, 9.17) is 0 Å². The summed E-state index contributed by atoms with van der Waals surface area (Å²) in [7, 11) is 0. The molecule has 0 spiro atoms. The lowest BCUT2D eigenvalue weighted by atomic mass is 9.92. The topological polar surface area (TPSA) is 8.17 Å². The largest absolute Gasteiger partial charge is 0.311 e. The molecule has 0 N–H and O–H groups in total. The summed E-state index contributed by atoms with van der Waals surface area (Å²) in [5, 5.41) is 2.57. The van der Waals surface area contributed by atoms with Crippen molar-refractivity contribution in [2.24, 2.45) is 0 Å². The fourth-order valence-electron chi connectivity index (χ4n) is 7.58. The first-order valence-corrected chi connectivity index (χ1v) is 17.7. The van der Waals surface area contributed by atoms with Crippen LogP contribution in [0.15, 0.2) is 188 Å². The van der Waals surface area contributed by atoms with E-state index in [-0.39, 0.29) is 0 Å². The van der Waals surface area contributed by atoms with E-state index in [0.717, 1.165) is 36.3 Å². The summed E-state index contributed by atoms with van der Waals surface area (Å²) in [6.45, 7) is 0. The molecule has 0 amide bonds. The zero-order valence-electron chi connectivity index (χ0n) is 28.0. The first-order valence-electron chi connectivity index (χ1n) is 17.7. The molecule has 240 valence electrons. The Labute approximate surface area is 294 Å². The molecule has 2 nitrogen and oxygen atoms in total. The van der Waals surface area contributed by atoms with Crippen LogP contribution in [-0.4, -0.2) is 4.57 Å². The first kappa shape index (κ1) is 30.0. The quantitative estimate of drug-likeness (QED) is 0.168. The van der Waals surface area contributed by atoms with E-state index in [9.17, 15) is 0 Å². The fourth-order valence-corrected chi connectivity index (χ4v) is 7.58. The van der Waals surface area contributed by atoms with Gasteiger partial charge in [0.15, 0.2) is 0 Å². The van der Waals surface area contributed by atoms with Crippen molar-refractivity contribution in [2.45, 2.75) is 25.2 Å². The zero-order chi connectivity index (χ0) is 33.3. The standard InChI is InChI=1S/C48H38N2/c1-4-12-35(13-5-1)37-20-27-42(28-21-37)49(43-29-22-38(23-30-43)36-14-6-2-7-15-36)44-31-24-39(25-32-44)40-26-33-48-46(34-40)45-18-10-11-19-47(45)50(48)41-16-8-3-9-17-41/h1-2,4-8,10-14,16-34,36H,3,9,15H2. The van der Waals surface area contributed by atoms with Gasteiger partial charge < -0.3 is 9.47 Å². The number of anilines is 3. The van der Waals surface area contributed by atoms with Crippen LogP contribution in [0.1, 0.15) is 30.7 Å². The van der Waals surface area contributed by atoms with Gasteiger partial charge >= 0.3 is 0 Å². The molecule has 50 heavy (non-hydrogen) atoms. The second-order valence-corrected chi connectivity index (χ2v) is 13.2. The van der Waals surface area contributed by atoms with Gasteiger partial charge in [-0.3, -0.25) is 0 Å². The molecule has 2 heteroatoms. The molecule has 6 aromatic carbocycles. The minimum atomic E-state index is 0.425. The summed E-state index contributed by atoms with van der Waals surface area (Å²) >= 11 is 0. The molecule has 0 aliphatic heterocycles. The van der Waals surface area contributed by atoms with Crippen LogP contribution in [0.2, 0.25) is 0 Å². The minimum absolute atomic E-state index is 0.425. The van der Waals surface area contributed by atoms with Crippen molar-refractivity contribution in [3.05, 3.63) is 194 Å². The maximum absolute atomic E-state index is 2.42. The predicted molar refractivity (Wildman–Crippen MR) is 213 cm³/mol. The van der Waals surface area contributed by atoms with Crippen LogP contribution in [0, 0.1) is 0 Å². The Bertz CT molecular complexity index is 2420. The number of para-hydroxylation sites is 1. The molecule has 2 aliphatic rings. The average Bonchev–Trinajstić information content (AvgIpc) is 3.53. The molecule has 2 aliphatic carbocycles. The molecule has 1 unspecified atom stereocenters. The normalized spacial score (nSPS) is 15.4. The second-order valence-electron chi connectivity index (χ2n) is 13.2. The minimum Gasteiger partial charge on any atom is -0.311 e. The fraction of sp³-hybridized carbons (Fsp3) is 0.0833. The van der Waals surface area contributed by atoms with Crippen molar-refractivity contribution >= 4 is 44.6 Å². The van der Waals surface area contributed by atoms with Gasteiger partial charge in [0, 0.05) is 39.4 Å². The van der Waals surface area contributed by atoms with Gasteiger partial charge in [0.05, 0.1) is 11.0 Å². The van der Waals surface area contributed by atoms with Crippen LogP contribution < -0.4 is 4.90 Å². The van der Waals surface area contributed by atoms with Crippen LogP contribution in [-0.2, 0) is 0 Å². The van der Waals surface area contributed by atoms with Gasteiger partial charge in [-0.25, -0.2) is 0 Å². The molecule has 0 fully saturated rings. The summed E-state index contributed by atoms with van der Waals surface area (Å²) in [4.78, 5) is 2.36. The number of nitrogens with zero attached hydrogens (tertiary/aromatic N) is 2. The monoisotopic (exact) mass is 642 g/mol. The number of fused-ring (bicyclic) bond motifs is 3. The van der Waals surface area contributed by atoms with Gasteiger partial charge in [-0.15, -0.1) is 0 Å². The smallest absolute Gasteiger partial charge is 0.0541 e. The molecule has 0 radical (unpaired) electrons. The van der Waals surface area contributed by atoms with E-state index in [1.54, 1.807) is 0 Å². The van der Waals surface area contributed by atoms with Crippen molar-refractivity contribution in [1.82, 2.24) is 4.57 Å². The third-order valence-corrected chi connectivity index (χ3v) is 10.2. The van der Waals surface area contributed by atoms with E-state index in [2.05, 4.69) is 198 Å². The lowest BCUT2D eigenvalue weighted by Crippen LogP contribution is -2.10. The van der Waals surface area contributed by atoms with E-state index in [0.29, 0.717) is 5.92 Å². The predicted octanol–water partition coefficient (Wildman–Crippen LogP) is 13.4. The SMILES string of the molecule is C1=CCC(c2ccc(N(c3ccc(-c4ccccc4)cc3)c3ccc(-c4ccc5c(c4)c4ccccc4n5C4=CCCC=C4)cc3)cc2)C=C1. The number of hydrogen-bond donors (Lipinski definition) is 0. The van der Waals surface area contributed by atoms with Gasteiger partial charge in [0.1, 0.15) is 0 Å². The van der Waals surface area contributed by atoms with Crippen molar-refractivity contribution in [3.8, 4) is 22.3 Å². The number of benzene rings is 6. The van der Waals surface area contributed by atoms with Gasteiger partial charge in [0.25, 0.3) is 0 Å². The molecular formula is C48H38N2. The highest BCUT2D eigenvalue weighted by molar-refractivity contribution is 6.11. The van der Waals surface area contributed by atoms with Crippen LogP contribution in [0.4, 0.5) is 17.1 Å². The Morgan fingerprint density at radius 3 is 1.80 bits per heavy atom. The summed E-state index contributed by atoms with van der Waals surface area (Å²) in [5.74, 6) is 0.425. The van der Waals surface area contributed by atoms with E-state index < -0.39 is 0 Å². The summed E-state index contributed by atoms with van der Waals surface area (Å²) < 4.78 is 2.42. The summed E-state index contributed by atoms with van der Waals surface area (Å²) in [6.07, 6.45) is 19.0. The molecule has 0 saturated heterocycles. The third-order valence-electron chi connectivity index (χ3n) is 10.2. The molecular weight excluding hydrogens is 605 g/mol. The first-order chi connectivity index (χ1) is 24.8. The number of rotatable bonds is 7. The van der Waals surface area contributed by atoms with Crippen molar-refractivity contribution < 1.29 is 0 Å². The highest BCUT2D eigenvalue weighted by Gasteiger charge is 2.17. The zero-order valence-corrected chi connectivity index (χ0v) is 28.0. The van der Waals surface area contributed by atoms with Gasteiger partial charge in [-0.1, -0.05) is 127 Å². The van der Waals surface area contributed by atoms with Crippen LogP contribution in [0.3, 0.4) is 0 Å². The average molecular weight is 643 g/mol. The highest BCUT2D eigenvalue weighted by atomic mass is 15.1. The van der Waals surface area contributed by atoms with Gasteiger partial charge in [0.2, 0.25) is 0 Å². The van der Waals surface area contributed by atoms with Gasteiger partial charge in [-0.2, -0.15) is 0 Å².